The average Bonchev–Trinajstić information content (AvgIpc) is 3.02. The minimum atomic E-state index is -0.460. The summed E-state index contributed by atoms with van der Waals surface area (Å²) in [6.45, 7) is 1.73. The largest absolute Gasteiger partial charge is 0.334 e. The number of benzene rings is 1. The number of pyridine rings is 1. The highest BCUT2D eigenvalue weighted by Crippen LogP contribution is 2.24. The van der Waals surface area contributed by atoms with E-state index < -0.39 is 5.82 Å². The zero-order valence-electron chi connectivity index (χ0n) is 13.0. The Morgan fingerprint density at radius 2 is 2.20 bits per heavy atom. The molecule has 1 N–H and O–H groups in total. The first-order valence-corrected chi connectivity index (χ1v) is 8.52. The maximum atomic E-state index is 13.0. The van der Waals surface area contributed by atoms with Crippen molar-refractivity contribution < 1.29 is 13.7 Å². The van der Waals surface area contributed by atoms with Gasteiger partial charge < -0.3 is 9.84 Å². The van der Waals surface area contributed by atoms with Crippen LogP contribution in [0.5, 0.6) is 0 Å². The lowest BCUT2D eigenvalue weighted by molar-refractivity contribution is -0.113. The molecule has 128 valence electrons. The highest BCUT2D eigenvalue weighted by molar-refractivity contribution is 7.99. The van der Waals surface area contributed by atoms with Crippen LogP contribution < -0.4 is 5.32 Å². The molecule has 3 rings (SSSR count). The zero-order valence-corrected chi connectivity index (χ0v) is 14.6. The molecule has 0 spiro atoms. The fraction of sp³-hybridized carbons (Fsp3) is 0.125. The minimum Gasteiger partial charge on any atom is -0.334 e. The summed E-state index contributed by atoms with van der Waals surface area (Å²) in [5.41, 5.74) is 1.07. The highest BCUT2D eigenvalue weighted by Gasteiger charge is 2.10. The Labute approximate surface area is 151 Å². The Morgan fingerprint density at radius 1 is 1.36 bits per heavy atom. The number of hydrogen-bond donors (Lipinski definition) is 1. The van der Waals surface area contributed by atoms with Gasteiger partial charge in [0.15, 0.2) is 5.82 Å². The first kappa shape index (κ1) is 17.4. The topological polar surface area (TPSA) is 80.9 Å². The van der Waals surface area contributed by atoms with E-state index in [1.807, 2.05) is 0 Å². The molecule has 0 radical (unpaired) electrons. The maximum Gasteiger partial charge on any atom is 0.259 e. The molecule has 1 aromatic carbocycles. The van der Waals surface area contributed by atoms with Crippen LogP contribution in [0.3, 0.4) is 0 Å². The second-order valence-electron chi connectivity index (χ2n) is 4.99. The van der Waals surface area contributed by atoms with Crippen LogP contribution in [-0.2, 0) is 4.79 Å². The van der Waals surface area contributed by atoms with E-state index in [0.717, 1.165) is 6.07 Å². The Hall–Kier alpha value is -2.45. The summed E-state index contributed by atoms with van der Waals surface area (Å²) in [6.07, 6.45) is 1.60. The third-order valence-corrected chi connectivity index (χ3v) is 4.32. The van der Waals surface area contributed by atoms with Gasteiger partial charge in [0.25, 0.3) is 5.89 Å². The molecule has 6 nitrogen and oxygen atoms in total. The number of aryl methyl sites for hydroxylation is 1. The Morgan fingerprint density at radius 3 is 2.84 bits per heavy atom. The summed E-state index contributed by atoms with van der Waals surface area (Å²) in [6, 6.07) is 7.34. The van der Waals surface area contributed by atoms with Crippen LogP contribution >= 0.6 is 23.4 Å². The van der Waals surface area contributed by atoms with Gasteiger partial charge in [0.1, 0.15) is 5.82 Å². The normalized spacial score (nSPS) is 10.7. The van der Waals surface area contributed by atoms with Crippen molar-refractivity contribution in [2.75, 3.05) is 11.1 Å². The highest BCUT2D eigenvalue weighted by atomic mass is 35.5. The van der Waals surface area contributed by atoms with Crippen molar-refractivity contribution in [3.8, 4) is 11.5 Å². The minimum absolute atomic E-state index is 0.139. The van der Waals surface area contributed by atoms with Crippen molar-refractivity contribution in [3.05, 3.63) is 53.2 Å². The van der Waals surface area contributed by atoms with Gasteiger partial charge in [-0.05, 0) is 37.3 Å². The van der Waals surface area contributed by atoms with Gasteiger partial charge in [0, 0.05) is 6.20 Å². The molecule has 9 heteroatoms. The second-order valence-corrected chi connectivity index (χ2v) is 6.40. The molecule has 0 aliphatic carbocycles. The van der Waals surface area contributed by atoms with Crippen LogP contribution in [0.15, 0.2) is 46.1 Å². The molecule has 0 saturated heterocycles. The summed E-state index contributed by atoms with van der Waals surface area (Å²) in [5.74, 6) is 0.351. The molecule has 25 heavy (non-hydrogen) atoms. The smallest absolute Gasteiger partial charge is 0.259 e. The molecule has 2 heterocycles. The number of thioether (sulfide) groups is 1. The SMILES string of the molecule is Cc1noc(-c2ccc(SCC(=O)Nc3ccc(F)cc3Cl)nc2)n1. The summed E-state index contributed by atoms with van der Waals surface area (Å²) >= 11 is 7.13. The van der Waals surface area contributed by atoms with Gasteiger partial charge in [-0.1, -0.05) is 28.5 Å². The number of hydrogen-bond acceptors (Lipinski definition) is 6. The van der Waals surface area contributed by atoms with Gasteiger partial charge >= 0.3 is 0 Å². The molecule has 0 saturated carbocycles. The lowest BCUT2D eigenvalue weighted by Gasteiger charge is -2.07. The second kappa shape index (κ2) is 7.62. The van der Waals surface area contributed by atoms with Crippen molar-refractivity contribution >= 4 is 35.0 Å². The molecular weight excluding hydrogens is 367 g/mol. The molecule has 0 fully saturated rings. The van der Waals surface area contributed by atoms with Crippen LogP contribution in [0.1, 0.15) is 5.82 Å². The van der Waals surface area contributed by atoms with E-state index in [-0.39, 0.29) is 16.7 Å². The predicted molar refractivity (Wildman–Crippen MR) is 93.0 cm³/mol. The van der Waals surface area contributed by atoms with E-state index in [0.29, 0.717) is 28.0 Å². The molecule has 0 bridgehead atoms. The molecule has 1 amide bonds. The van der Waals surface area contributed by atoms with Gasteiger partial charge in [-0.2, -0.15) is 4.98 Å². The number of amides is 1. The average molecular weight is 379 g/mol. The summed E-state index contributed by atoms with van der Waals surface area (Å²) < 4.78 is 18.0. The monoisotopic (exact) mass is 378 g/mol. The summed E-state index contributed by atoms with van der Waals surface area (Å²) in [4.78, 5) is 20.3. The Bertz CT molecular complexity index is 901. The van der Waals surface area contributed by atoms with Crippen LogP contribution in [0.4, 0.5) is 10.1 Å². The van der Waals surface area contributed by atoms with Gasteiger partial charge in [-0.3, -0.25) is 4.79 Å². The number of nitrogens with zero attached hydrogens (tertiary/aromatic N) is 3. The van der Waals surface area contributed by atoms with E-state index in [9.17, 15) is 9.18 Å². The van der Waals surface area contributed by atoms with E-state index in [2.05, 4.69) is 20.4 Å². The van der Waals surface area contributed by atoms with Crippen molar-refractivity contribution in [1.82, 2.24) is 15.1 Å². The van der Waals surface area contributed by atoms with Crippen molar-refractivity contribution in [3.63, 3.8) is 0 Å². The molecule has 0 aliphatic heterocycles. The van der Waals surface area contributed by atoms with Gasteiger partial charge in [0.05, 0.1) is 27.1 Å². The van der Waals surface area contributed by atoms with E-state index >= 15 is 0 Å². The van der Waals surface area contributed by atoms with Gasteiger partial charge in [-0.25, -0.2) is 9.37 Å². The van der Waals surface area contributed by atoms with Crippen LogP contribution in [0, 0.1) is 12.7 Å². The van der Waals surface area contributed by atoms with Crippen LogP contribution in [0.25, 0.3) is 11.5 Å². The third-order valence-electron chi connectivity index (χ3n) is 3.07. The Balaban J connectivity index is 1.57. The number of nitrogens with one attached hydrogen (secondary N) is 1. The predicted octanol–water partition coefficient (Wildman–Crippen LogP) is 3.96. The maximum absolute atomic E-state index is 13.0. The zero-order chi connectivity index (χ0) is 17.8. The number of halogens is 2. The first-order chi connectivity index (χ1) is 12.0. The lowest BCUT2D eigenvalue weighted by atomic mass is 10.3. The summed E-state index contributed by atoms with van der Waals surface area (Å²) in [7, 11) is 0. The van der Waals surface area contributed by atoms with Crippen molar-refractivity contribution in [2.24, 2.45) is 0 Å². The molecule has 0 aliphatic rings. The number of carbonyl (C=O) groups is 1. The van der Waals surface area contributed by atoms with E-state index in [1.165, 1.54) is 23.9 Å². The lowest BCUT2D eigenvalue weighted by Crippen LogP contribution is -2.14. The van der Waals surface area contributed by atoms with Gasteiger partial charge in [-0.15, -0.1) is 0 Å². The fourth-order valence-electron chi connectivity index (χ4n) is 1.92. The third kappa shape index (κ3) is 4.55. The van der Waals surface area contributed by atoms with E-state index in [1.54, 1.807) is 25.3 Å². The quantitative estimate of drug-likeness (QED) is 0.677. The molecular formula is C16H12ClFN4O2S. The van der Waals surface area contributed by atoms with Crippen LogP contribution in [0.2, 0.25) is 5.02 Å². The number of anilines is 1. The van der Waals surface area contributed by atoms with Gasteiger partial charge in [0.2, 0.25) is 5.91 Å². The summed E-state index contributed by atoms with van der Waals surface area (Å²) in [5, 5.41) is 7.17. The number of carbonyl (C=O) groups excluding carboxylic acids is 1. The Kier molecular flexibility index (Phi) is 5.30. The van der Waals surface area contributed by atoms with Crippen molar-refractivity contribution in [2.45, 2.75) is 11.9 Å². The van der Waals surface area contributed by atoms with Crippen LogP contribution in [-0.4, -0.2) is 26.8 Å². The standard InChI is InChI=1S/C16H12ClFN4O2S/c1-9-20-16(24-22-9)10-2-5-15(19-7-10)25-8-14(23)21-13-4-3-11(18)6-12(13)17/h2-7H,8H2,1H3,(H,21,23). The molecule has 3 aromatic rings. The van der Waals surface area contributed by atoms with Crippen molar-refractivity contribution in [1.29, 1.82) is 0 Å². The first-order valence-electron chi connectivity index (χ1n) is 7.16. The number of rotatable bonds is 5. The number of aromatic nitrogens is 3. The molecule has 2 aromatic heterocycles. The molecule has 0 atom stereocenters. The molecule has 0 unspecified atom stereocenters. The fourth-order valence-corrected chi connectivity index (χ4v) is 2.78. The van der Waals surface area contributed by atoms with E-state index in [4.69, 9.17) is 16.1 Å².